The summed E-state index contributed by atoms with van der Waals surface area (Å²) < 4.78 is 5.41. The van der Waals surface area contributed by atoms with Gasteiger partial charge >= 0.3 is 5.97 Å². The van der Waals surface area contributed by atoms with Gasteiger partial charge in [-0.3, -0.25) is 0 Å². The number of amidine groups is 1. The Balaban J connectivity index is 1.88. The number of hydrogen-bond donors (Lipinski definition) is 1. The molecule has 5 nitrogen and oxygen atoms in total. The Morgan fingerprint density at radius 2 is 1.86 bits per heavy atom. The number of carbonyl (C=O) groups excluding carboxylic acids is 1. The van der Waals surface area contributed by atoms with E-state index in [0.717, 1.165) is 11.1 Å². The average molecular weight is 298 g/mol. The maximum Gasteiger partial charge on any atom is 0.372 e. The number of carbonyl (C=O) groups is 1. The van der Waals surface area contributed by atoms with Crippen LogP contribution in [0.5, 0.6) is 5.75 Å². The van der Waals surface area contributed by atoms with Crippen LogP contribution in [-0.4, -0.2) is 18.4 Å². The van der Waals surface area contributed by atoms with E-state index in [1.807, 2.05) is 50.2 Å². The molecule has 0 aromatic heterocycles. The third-order valence-corrected chi connectivity index (χ3v) is 2.99. The topological polar surface area (TPSA) is 73.9 Å². The Morgan fingerprint density at radius 1 is 1.14 bits per heavy atom. The molecule has 0 aliphatic heterocycles. The van der Waals surface area contributed by atoms with Crippen LogP contribution in [0.1, 0.15) is 16.7 Å². The highest BCUT2D eigenvalue weighted by molar-refractivity contribution is 5.97. The van der Waals surface area contributed by atoms with Crippen molar-refractivity contribution in [2.75, 3.05) is 6.61 Å². The lowest BCUT2D eigenvalue weighted by Gasteiger charge is -2.08. The molecule has 0 fully saturated rings. The van der Waals surface area contributed by atoms with Crippen LogP contribution in [0.15, 0.2) is 53.7 Å². The van der Waals surface area contributed by atoms with Crippen molar-refractivity contribution in [3.8, 4) is 5.75 Å². The van der Waals surface area contributed by atoms with Crippen LogP contribution < -0.4 is 10.5 Å². The van der Waals surface area contributed by atoms with Gasteiger partial charge in [0.25, 0.3) is 0 Å². The molecule has 0 aliphatic carbocycles. The molecule has 0 radical (unpaired) electrons. The van der Waals surface area contributed by atoms with Gasteiger partial charge in [0.1, 0.15) is 5.75 Å². The Hall–Kier alpha value is -2.82. The van der Waals surface area contributed by atoms with Crippen LogP contribution in [0, 0.1) is 13.8 Å². The number of hydrogen-bond acceptors (Lipinski definition) is 4. The SMILES string of the molecule is Cc1ccc(OCC(=O)O/N=C(\N)c2ccccc2)c(C)c1. The molecule has 2 rings (SSSR count). The molecular formula is C17H18N2O3. The van der Waals surface area contributed by atoms with Gasteiger partial charge in [0.2, 0.25) is 0 Å². The van der Waals surface area contributed by atoms with E-state index in [0.29, 0.717) is 11.3 Å². The Bertz CT molecular complexity index is 682. The minimum atomic E-state index is -0.612. The first-order valence-corrected chi connectivity index (χ1v) is 6.85. The predicted octanol–water partition coefficient (Wildman–Crippen LogP) is 2.55. The normalized spacial score (nSPS) is 11.1. The number of oxime groups is 1. The molecule has 0 atom stereocenters. The molecule has 2 aromatic rings. The first kappa shape index (κ1) is 15.6. The van der Waals surface area contributed by atoms with Crippen molar-refractivity contribution in [2.24, 2.45) is 10.9 Å². The number of ether oxygens (including phenoxy) is 1. The highest BCUT2D eigenvalue weighted by atomic mass is 16.7. The summed E-state index contributed by atoms with van der Waals surface area (Å²) in [6.07, 6.45) is 0. The number of nitrogens with two attached hydrogens (primary N) is 1. The van der Waals surface area contributed by atoms with Crippen molar-refractivity contribution in [3.05, 3.63) is 65.2 Å². The lowest BCUT2D eigenvalue weighted by Crippen LogP contribution is -2.18. The zero-order valence-corrected chi connectivity index (χ0v) is 12.6. The fraction of sp³-hybridized carbons (Fsp3) is 0.176. The molecule has 5 heteroatoms. The van der Waals surface area contributed by atoms with Crippen LogP contribution in [0.25, 0.3) is 0 Å². The largest absolute Gasteiger partial charge is 0.482 e. The zero-order valence-electron chi connectivity index (χ0n) is 12.6. The van der Waals surface area contributed by atoms with E-state index in [9.17, 15) is 4.79 Å². The summed E-state index contributed by atoms with van der Waals surface area (Å²) in [6, 6.07) is 14.8. The smallest absolute Gasteiger partial charge is 0.372 e. The molecule has 0 unspecified atom stereocenters. The first-order chi connectivity index (χ1) is 10.6. The zero-order chi connectivity index (χ0) is 15.9. The second-order valence-corrected chi connectivity index (χ2v) is 4.86. The molecule has 114 valence electrons. The Labute approximate surface area is 129 Å². The lowest BCUT2D eigenvalue weighted by molar-refractivity contribution is -0.146. The van der Waals surface area contributed by atoms with Gasteiger partial charge in [-0.25, -0.2) is 4.79 Å². The molecule has 0 heterocycles. The second-order valence-electron chi connectivity index (χ2n) is 4.86. The maximum atomic E-state index is 11.6. The number of aryl methyl sites for hydroxylation is 2. The van der Waals surface area contributed by atoms with Crippen molar-refractivity contribution in [3.63, 3.8) is 0 Å². The van der Waals surface area contributed by atoms with E-state index in [1.165, 1.54) is 0 Å². The van der Waals surface area contributed by atoms with Crippen LogP contribution in [0.2, 0.25) is 0 Å². The fourth-order valence-electron chi connectivity index (χ4n) is 1.89. The van der Waals surface area contributed by atoms with Crippen LogP contribution in [-0.2, 0) is 9.63 Å². The molecule has 0 saturated heterocycles. The van der Waals surface area contributed by atoms with Crippen molar-refractivity contribution in [2.45, 2.75) is 13.8 Å². The lowest BCUT2D eigenvalue weighted by atomic mass is 10.1. The molecule has 2 N–H and O–H groups in total. The van der Waals surface area contributed by atoms with Crippen molar-refractivity contribution in [1.29, 1.82) is 0 Å². The van der Waals surface area contributed by atoms with Gasteiger partial charge in [-0.2, -0.15) is 0 Å². The summed E-state index contributed by atoms with van der Waals surface area (Å²) in [6.45, 7) is 3.68. The minimum absolute atomic E-state index is 0.139. The minimum Gasteiger partial charge on any atom is -0.482 e. The van der Waals surface area contributed by atoms with Gasteiger partial charge in [-0.05, 0) is 25.5 Å². The quantitative estimate of drug-likeness (QED) is 0.398. The Morgan fingerprint density at radius 3 is 2.55 bits per heavy atom. The molecule has 0 spiro atoms. The van der Waals surface area contributed by atoms with E-state index in [4.69, 9.17) is 15.3 Å². The highest BCUT2D eigenvalue weighted by Gasteiger charge is 2.07. The third kappa shape index (κ3) is 4.34. The van der Waals surface area contributed by atoms with E-state index in [-0.39, 0.29) is 12.4 Å². The second kappa shape index (κ2) is 7.26. The number of benzene rings is 2. The van der Waals surface area contributed by atoms with Gasteiger partial charge in [0.05, 0.1) is 0 Å². The molecule has 0 amide bonds. The van der Waals surface area contributed by atoms with Gasteiger partial charge in [-0.1, -0.05) is 53.2 Å². The summed E-state index contributed by atoms with van der Waals surface area (Å²) in [5.74, 6) is 0.168. The number of rotatable bonds is 5. The standard InChI is InChI=1S/C17H18N2O3/c1-12-8-9-15(13(2)10-12)21-11-16(20)22-19-17(18)14-6-4-3-5-7-14/h3-10H,11H2,1-2H3,(H2,18,19). The molecule has 0 aliphatic rings. The van der Waals surface area contributed by atoms with Gasteiger partial charge < -0.3 is 15.3 Å². The first-order valence-electron chi connectivity index (χ1n) is 6.85. The summed E-state index contributed by atoms with van der Waals surface area (Å²) in [5.41, 5.74) is 8.50. The monoisotopic (exact) mass is 298 g/mol. The molecular weight excluding hydrogens is 280 g/mol. The summed E-state index contributed by atoms with van der Waals surface area (Å²) in [5, 5.41) is 3.61. The van der Waals surface area contributed by atoms with E-state index in [1.54, 1.807) is 12.1 Å². The maximum absolute atomic E-state index is 11.6. The van der Waals surface area contributed by atoms with E-state index in [2.05, 4.69) is 5.16 Å². The van der Waals surface area contributed by atoms with E-state index < -0.39 is 5.97 Å². The molecule has 22 heavy (non-hydrogen) atoms. The predicted molar refractivity (Wildman–Crippen MR) is 84.7 cm³/mol. The summed E-state index contributed by atoms with van der Waals surface area (Å²) in [4.78, 5) is 16.4. The molecule has 0 bridgehead atoms. The Kier molecular flexibility index (Phi) is 5.14. The average Bonchev–Trinajstić information content (AvgIpc) is 2.52. The molecule has 2 aromatic carbocycles. The van der Waals surface area contributed by atoms with Gasteiger partial charge in [0.15, 0.2) is 12.4 Å². The highest BCUT2D eigenvalue weighted by Crippen LogP contribution is 2.18. The van der Waals surface area contributed by atoms with Crippen molar-refractivity contribution in [1.82, 2.24) is 0 Å². The summed E-state index contributed by atoms with van der Waals surface area (Å²) >= 11 is 0. The van der Waals surface area contributed by atoms with Gasteiger partial charge in [-0.15, -0.1) is 0 Å². The van der Waals surface area contributed by atoms with Crippen molar-refractivity contribution >= 4 is 11.8 Å². The van der Waals surface area contributed by atoms with Crippen LogP contribution >= 0.6 is 0 Å². The molecule has 0 saturated carbocycles. The summed E-state index contributed by atoms with van der Waals surface area (Å²) in [7, 11) is 0. The van der Waals surface area contributed by atoms with E-state index >= 15 is 0 Å². The van der Waals surface area contributed by atoms with Crippen LogP contribution in [0.3, 0.4) is 0 Å². The van der Waals surface area contributed by atoms with Crippen LogP contribution in [0.4, 0.5) is 0 Å². The third-order valence-electron chi connectivity index (χ3n) is 2.99. The number of nitrogens with zero attached hydrogens (tertiary/aromatic N) is 1. The van der Waals surface area contributed by atoms with Gasteiger partial charge in [0, 0.05) is 5.56 Å². The fourth-order valence-corrected chi connectivity index (χ4v) is 1.89. The van der Waals surface area contributed by atoms with Crippen molar-refractivity contribution < 1.29 is 14.4 Å².